The molecule has 1 fully saturated rings. The largest absolute Gasteiger partial charge is 0.347 e. The summed E-state index contributed by atoms with van der Waals surface area (Å²) in [5.74, 6) is -0.348. The number of likely N-dealkylation sites (N-methyl/N-ethyl adjacent to an activating group) is 1. The van der Waals surface area contributed by atoms with E-state index in [-0.39, 0.29) is 11.9 Å². The van der Waals surface area contributed by atoms with Crippen molar-refractivity contribution in [1.29, 1.82) is 0 Å². The Morgan fingerprint density at radius 1 is 0.543 bits per heavy atom. The molecule has 2 unspecified atom stereocenters. The van der Waals surface area contributed by atoms with Crippen LogP contribution < -0.4 is 0 Å². The molecule has 1 aliphatic rings. The van der Waals surface area contributed by atoms with Crippen LogP contribution in [-0.2, 0) is 9.47 Å². The average molecular weight is 642 g/mol. The van der Waals surface area contributed by atoms with E-state index in [4.69, 9.17) is 9.47 Å². The predicted molar refractivity (Wildman–Crippen MR) is 205 cm³/mol. The van der Waals surface area contributed by atoms with Gasteiger partial charge in [-0.05, 0) is 98.1 Å². The zero-order chi connectivity index (χ0) is 33.4. The lowest BCUT2D eigenvalue weighted by molar-refractivity contribution is -0.183. The van der Waals surface area contributed by atoms with Crippen molar-refractivity contribution in [2.45, 2.75) is 206 Å². The van der Waals surface area contributed by atoms with Gasteiger partial charge in [-0.1, -0.05) is 140 Å². The Balaban J connectivity index is 2.18. The standard InChI is InChI=1S/C43H79NO2/c1-6-8-10-12-14-16-18-20-22-24-26-28-30-32-34-36-38-43(45-40-42(46-43)41(3)44(4)5)39-37-35-33-31-29-27-25-23-21-19-17-15-13-11-9-7-2/h14-17,20-23,41-42H,6-13,18-19,24-40H2,1-5H3/b16-14-,17-15-,22-20-,23-21-. The van der Waals surface area contributed by atoms with Gasteiger partial charge in [-0.2, -0.15) is 0 Å². The number of hydrogen-bond acceptors (Lipinski definition) is 3. The molecule has 1 rings (SSSR count). The van der Waals surface area contributed by atoms with Gasteiger partial charge in [0.25, 0.3) is 0 Å². The molecule has 0 spiro atoms. The summed E-state index contributed by atoms with van der Waals surface area (Å²) in [4.78, 5) is 2.27. The van der Waals surface area contributed by atoms with E-state index < -0.39 is 0 Å². The summed E-state index contributed by atoms with van der Waals surface area (Å²) < 4.78 is 13.2. The highest BCUT2D eigenvalue weighted by Gasteiger charge is 2.42. The third kappa shape index (κ3) is 24.1. The monoisotopic (exact) mass is 642 g/mol. The lowest BCUT2D eigenvalue weighted by atomic mass is 9.98. The van der Waals surface area contributed by atoms with Crippen LogP contribution in [0.4, 0.5) is 0 Å². The summed E-state index contributed by atoms with van der Waals surface area (Å²) in [5, 5.41) is 0. The van der Waals surface area contributed by atoms with Gasteiger partial charge in [0.05, 0.1) is 12.7 Å². The first-order valence-electron chi connectivity index (χ1n) is 20.1. The molecule has 0 aromatic heterocycles. The second-order valence-corrected chi connectivity index (χ2v) is 14.3. The van der Waals surface area contributed by atoms with Gasteiger partial charge in [-0.15, -0.1) is 0 Å². The summed E-state index contributed by atoms with van der Waals surface area (Å²) in [6, 6.07) is 0.383. The third-order valence-corrected chi connectivity index (χ3v) is 9.75. The Morgan fingerprint density at radius 2 is 0.913 bits per heavy atom. The molecule has 268 valence electrons. The van der Waals surface area contributed by atoms with Crippen LogP contribution in [0.1, 0.15) is 188 Å². The van der Waals surface area contributed by atoms with Gasteiger partial charge < -0.3 is 14.4 Å². The highest BCUT2D eigenvalue weighted by molar-refractivity contribution is 4.93. The van der Waals surface area contributed by atoms with E-state index in [1.807, 2.05) is 0 Å². The van der Waals surface area contributed by atoms with Crippen LogP contribution in [0, 0.1) is 0 Å². The molecule has 1 saturated heterocycles. The van der Waals surface area contributed by atoms with Crippen LogP contribution in [0.2, 0.25) is 0 Å². The molecule has 0 bridgehead atoms. The fourth-order valence-corrected chi connectivity index (χ4v) is 6.30. The third-order valence-electron chi connectivity index (χ3n) is 9.75. The Morgan fingerprint density at radius 3 is 1.30 bits per heavy atom. The Hall–Kier alpha value is -1.16. The number of unbranched alkanes of at least 4 members (excludes halogenated alkanes) is 18. The maximum atomic E-state index is 6.73. The molecule has 3 nitrogen and oxygen atoms in total. The highest BCUT2D eigenvalue weighted by Crippen LogP contribution is 2.36. The van der Waals surface area contributed by atoms with Crippen LogP contribution in [0.25, 0.3) is 0 Å². The van der Waals surface area contributed by atoms with Crippen LogP contribution in [0.3, 0.4) is 0 Å². The van der Waals surface area contributed by atoms with E-state index in [1.54, 1.807) is 0 Å². The minimum absolute atomic E-state index is 0.184. The minimum atomic E-state index is -0.348. The van der Waals surface area contributed by atoms with Crippen molar-refractivity contribution >= 4 is 0 Å². The molecule has 0 N–H and O–H groups in total. The number of hydrogen-bond donors (Lipinski definition) is 0. The van der Waals surface area contributed by atoms with Crippen LogP contribution >= 0.6 is 0 Å². The van der Waals surface area contributed by atoms with Gasteiger partial charge >= 0.3 is 0 Å². The van der Waals surface area contributed by atoms with Gasteiger partial charge in [0.2, 0.25) is 0 Å². The lowest BCUT2D eigenvalue weighted by Crippen LogP contribution is -2.40. The first-order chi connectivity index (χ1) is 22.5. The van der Waals surface area contributed by atoms with Crippen molar-refractivity contribution in [2.75, 3.05) is 20.7 Å². The number of rotatable bonds is 32. The minimum Gasteiger partial charge on any atom is -0.347 e. The fraction of sp³-hybridized carbons (Fsp3) is 0.814. The number of allylic oxidation sites excluding steroid dienone is 8. The fourth-order valence-electron chi connectivity index (χ4n) is 6.30. The summed E-state index contributed by atoms with van der Waals surface area (Å²) in [6.07, 6.45) is 52.0. The molecule has 46 heavy (non-hydrogen) atoms. The molecule has 3 heteroatoms. The van der Waals surface area contributed by atoms with Gasteiger partial charge in [-0.25, -0.2) is 0 Å². The molecule has 0 aliphatic carbocycles. The smallest absolute Gasteiger partial charge is 0.168 e. The molecule has 0 saturated carbocycles. The van der Waals surface area contributed by atoms with Crippen molar-refractivity contribution in [3.8, 4) is 0 Å². The van der Waals surface area contributed by atoms with E-state index in [0.717, 1.165) is 32.3 Å². The van der Waals surface area contributed by atoms with Crippen molar-refractivity contribution in [1.82, 2.24) is 4.90 Å². The topological polar surface area (TPSA) is 21.7 Å². The van der Waals surface area contributed by atoms with E-state index in [0.29, 0.717) is 6.04 Å². The first-order valence-corrected chi connectivity index (χ1v) is 20.1. The average Bonchev–Trinajstić information content (AvgIpc) is 3.48. The van der Waals surface area contributed by atoms with E-state index in [1.165, 1.54) is 141 Å². The summed E-state index contributed by atoms with van der Waals surface area (Å²) >= 11 is 0. The Bertz CT molecular complexity index is 719. The van der Waals surface area contributed by atoms with Crippen molar-refractivity contribution in [3.05, 3.63) is 48.6 Å². The second-order valence-electron chi connectivity index (χ2n) is 14.3. The molecular weight excluding hydrogens is 562 g/mol. The zero-order valence-corrected chi connectivity index (χ0v) is 31.6. The van der Waals surface area contributed by atoms with Gasteiger partial charge in [0.1, 0.15) is 0 Å². The van der Waals surface area contributed by atoms with Gasteiger partial charge in [-0.3, -0.25) is 0 Å². The molecule has 1 heterocycles. The zero-order valence-electron chi connectivity index (χ0n) is 31.6. The maximum absolute atomic E-state index is 6.73. The number of nitrogens with zero attached hydrogens (tertiary/aromatic N) is 1. The van der Waals surface area contributed by atoms with Gasteiger partial charge in [0.15, 0.2) is 5.79 Å². The van der Waals surface area contributed by atoms with Crippen LogP contribution in [0.5, 0.6) is 0 Å². The molecule has 2 atom stereocenters. The number of ether oxygens (including phenoxy) is 2. The Kier molecular flexibility index (Phi) is 29.0. The highest BCUT2D eigenvalue weighted by atomic mass is 16.7. The van der Waals surface area contributed by atoms with Crippen molar-refractivity contribution in [3.63, 3.8) is 0 Å². The summed E-state index contributed by atoms with van der Waals surface area (Å²) in [5.41, 5.74) is 0. The molecular formula is C43H79NO2. The molecule has 0 amide bonds. The quantitative estimate of drug-likeness (QED) is 0.0539. The molecule has 0 aromatic carbocycles. The second kappa shape index (κ2) is 31.1. The molecule has 0 radical (unpaired) electrons. The SMILES string of the molecule is CCCCC/C=C\C/C=C\CCCCCCCCC1(CCCCCCCC/C=C\C/C=C\CCCCC)OCC(C(C)N(C)C)O1. The summed E-state index contributed by atoms with van der Waals surface area (Å²) in [7, 11) is 4.30. The molecule has 0 aromatic rings. The van der Waals surface area contributed by atoms with E-state index >= 15 is 0 Å². The lowest BCUT2D eigenvalue weighted by Gasteiger charge is -2.31. The van der Waals surface area contributed by atoms with E-state index in [9.17, 15) is 0 Å². The first kappa shape index (κ1) is 42.9. The van der Waals surface area contributed by atoms with Crippen LogP contribution in [-0.4, -0.2) is 43.5 Å². The maximum Gasteiger partial charge on any atom is 0.168 e. The Labute approximate surface area is 288 Å². The van der Waals surface area contributed by atoms with E-state index in [2.05, 4.69) is 88.4 Å². The van der Waals surface area contributed by atoms with Crippen LogP contribution in [0.15, 0.2) is 48.6 Å². The molecule has 1 aliphatic heterocycles. The van der Waals surface area contributed by atoms with Crippen molar-refractivity contribution < 1.29 is 9.47 Å². The van der Waals surface area contributed by atoms with Crippen molar-refractivity contribution in [2.24, 2.45) is 0 Å². The normalized spacial score (nSPS) is 17.7. The summed E-state index contributed by atoms with van der Waals surface area (Å²) in [6.45, 7) is 7.55. The predicted octanol–water partition coefficient (Wildman–Crippen LogP) is 13.5. The van der Waals surface area contributed by atoms with Gasteiger partial charge in [0, 0.05) is 18.9 Å².